The molecule has 0 saturated carbocycles. The monoisotopic (exact) mass is 260 g/mol. The van der Waals surface area contributed by atoms with Gasteiger partial charge in [0.1, 0.15) is 0 Å². The third-order valence-electron chi connectivity index (χ3n) is 2.66. The van der Waals surface area contributed by atoms with E-state index < -0.39 is 0 Å². The Bertz CT molecular complexity index is 610. The van der Waals surface area contributed by atoms with Crippen LogP contribution in [0.4, 0.5) is 5.69 Å². The standard InChI is InChI=1S/C13H13ClN4/c1-9-5-11(18(2)17-9)8-16-13-4-3-10(7-15)6-12(13)14/h3-6,16H,8H2,1-2H3. The van der Waals surface area contributed by atoms with Crippen molar-refractivity contribution >= 4 is 17.3 Å². The zero-order chi connectivity index (χ0) is 13.1. The number of aromatic nitrogens is 2. The first-order chi connectivity index (χ1) is 8.60. The smallest absolute Gasteiger partial charge is 0.0992 e. The Morgan fingerprint density at radius 1 is 1.44 bits per heavy atom. The number of aryl methyl sites for hydroxylation is 2. The lowest BCUT2D eigenvalue weighted by Crippen LogP contribution is -2.05. The zero-order valence-corrected chi connectivity index (χ0v) is 11.0. The molecule has 1 heterocycles. The van der Waals surface area contributed by atoms with Crippen molar-refractivity contribution in [1.82, 2.24) is 9.78 Å². The molecule has 0 aliphatic rings. The van der Waals surface area contributed by atoms with Gasteiger partial charge < -0.3 is 5.32 Å². The van der Waals surface area contributed by atoms with Gasteiger partial charge in [-0.2, -0.15) is 10.4 Å². The molecule has 0 aliphatic carbocycles. The van der Waals surface area contributed by atoms with Gasteiger partial charge in [-0.05, 0) is 31.2 Å². The topological polar surface area (TPSA) is 53.6 Å². The van der Waals surface area contributed by atoms with E-state index in [1.165, 1.54) is 0 Å². The number of rotatable bonds is 3. The summed E-state index contributed by atoms with van der Waals surface area (Å²) in [5.41, 5.74) is 3.43. The Morgan fingerprint density at radius 2 is 2.22 bits per heavy atom. The van der Waals surface area contributed by atoms with Gasteiger partial charge in [-0.15, -0.1) is 0 Å². The van der Waals surface area contributed by atoms with Crippen molar-refractivity contribution in [1.29, 1.82) is 5.26 Å². The Kier molecular flexibility index (Phi) is 3.54. The minimum Gasteiger partial charge on any atom is -0.378 e. The fourth-order valence-corrected chi connectivity index (χ4v) is 1.99. The summed E-state index contributed by atoms with van der Waals surface area (Å²) < 4.78 is 1.83. The van der Waals surface area contributed by atoms with Crippen LogP contribution in [0.3, 0.4) is 0 Å². The number of nitriles is 1. The third-order valence-corrected chi connectivity index (χ3v) is 2.97. The van der Waals surface area contributed by atoms with Crippen LogP contribution >= 0.6 is 11.6 Å². The van der Waals surface area contributed by atoms with Crippen molar-refractivity contribution in [2.45, 2.75) is 13.5 Å². The van der Waals surface area contributed by atoms with Gasteiger partial charge in [0.25, 0.3) is 0 Å². The third kappa shape index (κ3) is 2.63. The molecule has 2 aromatic rings. The molecule has 0 fully saturated rings. The molecule has 4 nitrogen and oxygen atoms in total. The molecule has 0 bridgehead atoms. The number of anilines is 1. The SMILES string of the molecule is Cc1cc(CNc2ccc(C#N)cc2Cl)n(C)n1. The number of nitrogens with zero attached hydrogens (tertiary/aromatic N) is 3. The molecule has 0 atom stereocenters. The maximum atomic E-state index is 8.76. The predicted octanol–water partition coefficient (Wildman–Crippen LogP) is 2.87. The lowest BCUT2D eigenvalue weighted by atomic mass is 10.2. The molecule has 5 heteroatoms. The van der Waals surface area contributed by atoms with Gasteiger partial charge in [0, 0.05) is 7.05 Å². The summed E-state index contributed by atoms with van der Waals surface area (Å²) in [5.74, 6) is 0. The first kappa shape index (κ1) is 12.5. The predicted molar refractivity (Wildman–Crippen MR) is 71.4 cm³/mol. The van der Waals surface area contributed by atoms with Gasteiger partial charge in [-0.3, -0.25) is 4.68 Å². The van der Waals surface area contributed by atoms with E-state index in [2.05, 4.69) is 16.5 Å². The summed E-state index contributed by atoms with van der Waals surface area (Å²) >= 11 is 6.08. The van der Waals surface area contributed by atoms with E-state index in [4.69, 9.17) is 16.9 Å². The average molecular weight is 261 g/mol. The Hall–Kier alpha value is -1.99. The van der Waals surface area contributed by atoms with E-state index in [9.17, 15) is 0 Å². The number of hydrogen-bond donors (Lipinski definition) is 1. The van der Waals surface area contributed by atoms with Gasteiger partial charge in [0.15, 0.2) is 0 Å². The van der Waals surface area contributed by atoms with Gasteiger partial charge in [-0.25, -0.2) is 0 Å². The van der Waals surface area contributed by atoms with E-state index in [1.54, 1.807) is 12.1 Å². The fourth-order valence-electron chi connectivity index (χ4n) is 1.74. The molecule has 0 saturated heterocycles. The van der Waals surface area contributed by atoms with Gasteiger partial charge in [-0.1, -0.05) is 11.6 Å². The molecule has 0 aliphatic heterocycles. The van der Waals surface area contributed by atoms with Gasteiger partial charge in [0.05, 0.1) is 40.3 Å². The Balaban J connectivity index is 2.11. The van der Waals surface area contributed by atoms with Crippen LogP contribution < -0.4 is 5.32 Å². The van der Waals surface area contributed by atoms with Crippen molar-refractivity contribution in [2.24, 2.45) is 7.05 Å². The largest absolute Gasteiger partial charge is 0.378 e. The summed E-state index contributed by atoms with van der Waals surface area (Å²) in [6, 6.07) is 9.27. The first-order valence-electron chi connectivity index (χ1n) is 5.53. The van der Waals surface area contributed by atoms with Crippen molar-refractivity contribution in [3.63, 3.8) is 0 Å². The summed E-state index contributed by atoms with van der Waals surface area (Å²) in [7, 11) is 1.91. The van der Waals surface area contributed by atoms with Crippen LogP contribution in [0.5, 0.6) is 0 Å². The van der Waals surface area contributed by atoms with Crippen LogP contribution in [0.2, 0.25) is 5.02 Å². The van der Waals surface area contributed by atoms with Crippen LogP contribution in [0, 0.1) is 18.3 Å². The van der Waals surface area contributed by atoms with Crippen LogP contribution in [0.25, 0.3) is 0 Å². The molecule has 0 radical (unpaired) electrons. The van der Waals surface area contributed by atoms with E-state index in [0.29, 0.717) is 17.1 Å². The molecule has 18 heavy (non-hydrogen) atoms. The van der Waals surface area contributed by atoms with Crippen LogP contribution in [0.15, 0.2) is 24.3 Å². The van der Waals surface area contributed by atoms with Crippen LogP contribution in [-0.4, -0.2) is 9.78 Å². The lowest BCUT2D eigenvalue weighted by Gasteiger charge is -2.08. The molecule has 1 aromatic heterocycles. The zero-order valence-electron chi connectivity index (χ0n) is 10.2. The van der Waals surface area contributed by atoms with E-state index in [0.717, 1.165) is 17.1 Å². The van der Waals surface area contributed by atoms with E-state index in [1.807, 2.05) is 30.8 Å². The minimum atomic E-state index is 0.549. The highest BCUT2D eigenvalue weighted by atomic mass is 35.5. The van der Waals surface area contributed by atoms with Crippen LogP contribution in [-0.2, 0) is 13.6 Å². The van der Waals surface area contributed by atoms with E-state index in [-0.39, 0.29) is 0 Å². The fraction of sp³-hybridized carbons (Fsp3) is 0.231. The Morgan fingerprint density at radius 3 is 2.78 bits per heavy atom. The quantitative estimate of drug-likeness (QED) is 0.923. The summed E-state index contributed by atoms with van der Waals surface area (Å²) in [6.45, 7) is 2.60. The first-order valence-corrected chi connectivity index (χ1v) is 5.91. The summed E-state index contributed by atoms with van der Waals surface area (Å²) in [4.78, 5) is 0. The molecule has 0 unspecified atom stereocenters. The van der Waals surface area contributed by atoms with Crippen molar-refractivity contribution < 1.29 is 0 Å². The van der Waals surface area contributed by atoms with Gasteiger partial charge in [0.2, 0.25) is 0 Å². The average Bonchev–Trinajstić information content (AvgIpc) is 2.66. The highest BCUT2D eigenvalue weighted by Crippen LogP contribution is 2.23. The van der Waals surface area contributed by atoms with Crippen LogP contribution in [0.1, 0.15) is 17.0 Å². The number of benzene rings is 1. The van der Waals surface area contributed by atoms with Gasteiger partial charge >= 0.3 is 0 Å². The second-order valence-electron chi connectivity index (χ2n) is 4.06. The number of nitrogens with one attached hydrogen (secondary N) is 1. The number of halogens is 1. The summed E-state index contributed by atoms with van der Waals surface area (Å²) in [5, 5.41) is 16.8. The molecule has 0 spiro atoms. The van der Waals surface area contributed by atoms with E-state index >= 15 is 0 Å². The lowest BCUT2D eigenvalue weighted by molar-refractivity contribution is 0.713. The molecule has 2 rings (SSSR count). The van der Waals surface area contributed by atoms with Crippen molar-refractivity contribution in [3.8, 4) is 6.07 Å². The molecular weight excluding hydrogens is 248 g/mol. The second kappa shape index (κ2) is 5.11. The summed E-state index contributed by atoms with van der Waals surface area (Å²) in [6.07, 6.45) is 0. The Labute approximate surface area is 111 Å². The van der Waals surface area contributed by atoms with Crippen molar-refractivity contribution in [3.05, 3.63) is 46.2 Å². The maximum Gasteiger partial charge on any atom is 0.0992 e. The second-order valence-corrected chi connectivity index (χ2v) is 4.47. The highest BCUT2D eigenvalue weighted by Gasteiger charge is 2.04. The normalized spacial score (nSPS) is 10.1. The molecule has 1 aromatic carbocycles. The molecule has 1 N–H and O–H groups in total. The minimum absolute atomic E-state index is 0.549. The molecule has 92 valence electrons. The van der Waals surface area contributed by atoms with Crippen molar-refractivity contribution in [2.75, 3.05) is 5.32 Å². The maximum absolute atomic E-state index is 8.76. The molecule has 0 amide bonds. The number of hydrogen-bond acceptors (Lipinski definition) is 3. The highest BCUT2D eigenvalue weighted by molar-refractivity contribution is 6.33. The molecular formula is C13H13ClN4.